The molecule has 0 bridgehead atoms. The summed E-state index contributed by atoms with van der Waals surface area (Å²) >= 11 is 0. The molecule has 2 nitrogen and oxygen atoms in total. The van der Waals surface area contributed by atoms with E-state index in [0.29, 0.717) is 12.2 Å². The minimum absolute atomic E-state index is 0.294. The number of aryl methyl sites for hydroxylation is 2. The van der Waals surface area contributed by atoms with E-state index in [4.69, 9.17) is 0 Å². The fraction of sp³-hybridized carbons (Fsp3) is 0.588. The highest BCUT2D eigenvalue weighted by molar-refractivity contribution is 5.90. The van der Waals surface area contributed by atoms with Crippen molar-refractivity contribution in [3.8, 4) is 0 Å². The van der Waals surface area contributed by atoms with Gasteiger partial charge in [0, 0.05) is 6.42 Å². The number of hydrogen-bond acceptors (Lipinski definition) is 2. The smallest absolute Gasteiger partial charge is 0.156 e. The van der Waals surface area contributed by atoms with Crippen molar-refractivity contribution in [1.82, 2.24) is 5.32 Å². The van der Waals surface area contributed by atoms with Gasteiger partial charge in [0.25, 0.3) is 0 Å². The van der Waals surface area contributed by atoms with E-state index in [0.717, 1.165) is 13.0 Å². The fourth-order valence-electron chi connectivity index (χ4n) is 3.41. The van der Waals surface area contributed by atoms with E-state index in [1.807, 2.05) is 0 Å². The standard InChI is InChI=1S/C17H23NO/c1-17(9-2-3-10-18-17)16(19)12-13-7-8-14-5-4-6-15(14)11-13/h7-8,11,18H,2-6,9-10,12H2,1H3. The highest BCUT2D eigenvalue weighted by atomic mass is 16.1. The molecule has 1 heterocycles. The van der Waals surface area contributed by atoms with Gasteiger partial charge < -0.3 is 5.32 Å². The summed E-state index contributed by atoms with van der Waals surface area (Å²) in [6.07, 6.45) is 7.59. The Hall–Kier alpha value is -1.15. The van der Waals surface area contributed by atoms with Crippen LogP contribution >= 0.6 is 0 Å². The summed E-state index contributed by atoms with van der Waals surface area (Å²) in [6.45, 7) is 3.05. The van der Waals surface area contributed by atoms with Crippen molar-refractivity contribution in [2.24, 2.45) is 0 Å². The molecule has 19 heavy (non-hydrogen) atoms. The van der Waals surface area contributed by atoms with Crippen LogP contribution in [0.15, 0.2) is 18.2 Å². The molecule has 1 N–H and O–H groups in total. The molecule has 1 aromatic rings. The lowest BCUT2D eigenvalue weighted by atomic mass is 9.84. The van der Waals surface area contributed by atoms with Gasteiger partial charge in [-0.2, -0.15) is 0 Å². The molecule has 1 aliphatic carbocycles. The predicted octanol–water partition coefficient (Wildman–Crippen LogP) is 2.82. The summed E-state index contributed by atoms with van der Waals surface area (Å²) in [4.78, 5) is 12.5. The second-order valence-electron chi connectivity index (χ2n) is 6.27. The van der Waals surface area contributed by atoms with E-state index in [1.165, 1.54) is 48.8 Å². The number of hydrogen-bond donors (Lipinski definition) is 1. The molecule has 2 aliphatic rings. The van der Waals surface area contributed by atoms with E-state index in [-0.39, 0.29) is 5.54 Å². The molecule has 0 saturated carbocycles. The van der Waals surface area contributed by atoms with Crippen LogP contribution in [-0.2, 0) is 24.1 Å². The second-order valence-corrected chi connectivity index (χ2v) is 6.27. The zero-order valence-electron chi connectivity index (χ0n) is 11.8. The summed E-state index contributed by atoms with van der Waals surface area (Å²) < 4.78 is 0. The highest BCUT2D eigenvalue weighted by Gasteiger charge is 2.33. The summed E-state index contributed by atoms with van der Waals surface area (Å²) in [5.41, 5.74) is 3.85. The minimum atomic E-state index is -0.294. The minimum Gasteiger partial charge on any atom is -0.305 e. The number of Topliss-reactive ketones (excluding diaryl/α,β-unsaturated/α-hetero) is 1. The fourth-order valence-corrected chi connectivity index (χ4v) is 3.41. The summed E-state index contributed by atoms with van der Waals surface area (Å²) in [5.74, 6) is 0.352. The third kappa shape index (κ3) is 2.59. The third-order valence-electron chi connectivity index (χ3n) is 4.76. The van der Waals surface area contributed by atoms with Crippen LogP contribution in [0.1, 0.15) is 49.3 Å². The molecule has 0 radical (unpaired) electrons. The van der Waals surface area contributed by atoms with Crippen LogP contribution in [0.25, 0.3) is 0 Å². The zero-order valence-corrected chi connectivity index (χ0v) is 11.8. The first-order valence-corrected chi connectivity index (χ1v) is 7.56. The summed E-state index contributed by atoms with van der Waals surface area (Å²) in [5, 5.41) is 3.42. The van der Waals surface area contributed by atoms with Crippen LogP contribution in [0, 0.1) is 0 Å². The molecule has 0 aromatic heterocycles. The lowest BCUT2D eigenvalue weighted by Gasteiger charge is -2.33. The Kier molecular flexibility index (Phi) is 3.44. The lowest BCUT2D eigenvalue weighted by molar-refractivity contribution is -0.125. The van der Waals surface area contributed by atoms with Gasteiger partial charge in [-0.25, -0.2) is 0 Å². The van der Waals surface area contributed by atoms with Crippen molar-refractivity contribution in [3.05, 3.63) is 34.9 Å². The molecule has 1 saturated heterocycles. The number of ketones is 1. The van der Waals surface area contributed by atoms with E-state index < -0.39 is 0 Å². The average molecular weight is 257 g/mol. The maximum atomic E-state index is 12.5. The van der Waals surface area contributed by atoms with E-state index >= 15 is 0 Å². The largest absolute Gasteiger partial charge is 0.305 e. The Morgan fingerprint density at radius 1 is 1.21 bits per heavy atom. The Morgan fingerprint density at radius 2 is 2.05 bits per heavy atom. The summed E-state index contributed by atoms with van der Waals surface area (Å²) in [7, 11) is 0. The van der Waals surface area contributed by atoms with Gasteiger partial charge in [0.05, 0.1) is 5.54 Å². The molecule has 2 heteroatoms. The maximum Gasteiger partial charge on any atom is 0.156 e. The predicted molar refractivity (Wildman–Crippen MR) is 77.4 cm³/mol. The first-order chi connectivity index (χ1) is 9.17. The lowest BCUT2D eigenvalue weighted by Crippen LogP contribution is -2.52. The van der Waals surface area contributed by atoms with Gasteiger partial charge in [-0.05, 0) is 68.7 Å². The molecule has 0 spiro atoms. The van der Waals surface area contributed by atoms with Crippen molar-refractivity contribution in [3.63, 3.8) is 0 Å². The number of rotatable bonds is 3. The SMILES string of the molecule is CC1(C(=O)Cc2ccc3c(c2)CCC3)CCCCN1. The van der Waals surface area contributed by atoms with Crippen LogP contribution < -0.4 is 5.32 Å². The topological polar surface area (TPSA) is 29.1 Å². The Balaban J connectivity index is 1.72. The Labute approximate surface area is 115 Å². The Bertz CT molecular complexity index is 486. The molecule has 1 atom stereocenters. The molecule has 1 aromatic carbocycles. The first kappa shape index (κ1) is 12.9. The Morgan fingerprint density at radius 3 is 2.84 bits per heavy atom. The summed E-state index contributed by atoms with van der Waals surface area (Å²) in [6, 6.07) is 6.63. The van der Waals surface area contributed by atoms with E-state index in [1.54, 1.807) is 0 Å². The monoisotopic (exact) mass is 257 g/mol. The number of fused-ring (bicyclic) bond motifs is 1. The van der Waals surface area contributed by atoms with Crippen LogP contribution in [-0.4, -0.2) is 17.9 Å². The van der Waals surface area contributed by atoms with Gasteiger partial charge in [-0.3, -0.25) is 4.79 Å². The molecule has 1 aliphatic heterocycles. The first-order valence-electron chi connectivity index (χ1n) is 7.56. The molecular weight excluding hydrogens is 234 g/mol. The van der Waals surface area contributed by atoms with Gasteiger partial charge in [0.15, 0.2) is 5.78 Å². The number of benzene rings is 1. The third-order valence-corrected chi connectivity index (χ3v) is 4.76. The maximum absolute atomic E-state index is 12.5. The molecule has 102 valence electrons. The van der Waals surface area contributed by atoms with Crippen LogP contribution in [0.5, 0.6) is 0 Å². The van der Waals surface area contributed by atoms with Gasteiger partial charge in [0.1, 0.15) is 0 Å². The van der Waals surface area contributed by atoms with E-state index in [2.05, 4.69) is 30.4 Å². The normalized spacial score (nSPS) is 26.2. The van der Waals surface area contributed by atoms with Gasteiger partial charge in [0.2, 0.25) is 0 Å². The second kappa shape index (κ2) is 5.09. The van der Waals surface area contributed by atoms with Crippen LogP contribution in [0.2, 0.25) is 0 Å². The number of carbonyl (C=O) groups is 1. The average Bonchev–Trinajstić information content (AvgIpc) is 2.87. The van der Waals surface area contributed by atoms with E-state index in [9.17, 15) is 4.79 Å². The van der Waals surface area contributed by atoms with Gasteiger partial charge >= 0.3 is 0 Å². The van der Waals surface area contributed by atoms with Gasteiger partial charge in [-0.15, -0.1) is 0 Å². The number of carbonyl (C=O) groups excluding carboxylic acids is 1. The zero-order chi connectivity index (χ0) is 13.3. The molecular formula is C17H23NO. The van der Waals surface area contributed by atoms with Crippen molar-refractivity contribution in [2.75, 3.05) is 6.54 Å². The van der Waals surface area contributed by atoms with Crippen molar-refractivity contribution >= 4 is 5.78 Å². The molecule has 0 amide bonds. The molecule has 1 fully saturated rings. The van der Waals surface area contributed by atoms with Crippen molar-refractivity contribution in [1.29, 1.82) is 0 Å². The van der Waals surface area contributed by atoms with Crippen LogP contribution in [0.4, 0.5) is 0 Å². The van der Waals surface area contributed by atoms with Gasteiger partial charge in [-0.1, -0.05) is 18.2 Å². The quantitative estimate of drug-likeness (QED) is 0.902. The van der Waals surface area contributed by atoms with Crippen LogP contribution in [0.3, 0.4) is 0 Å². The highest BCUT2D eigenvalue weighted by Crippen LogP contribution is 2.25. The van der Waals surface area contributed by atoms with Crippen molar-refractivity contribution < 1.29 is 4.79 Å². The molecule has 3 rings (SSSR count). The molecule has 1 unspecified atom stereocenters. The number of nitrogens with one attached hydrogen (secondary N) is 1. The van der Waals surface area contributed by atoms with Crippen molar-refractivity contribution in [2.45, 2.75) is 57.4 Å². The number of piperidine rings is 1.